The number of aliphatic hydroxyl groups is 1. The SMILES string of the molecule is CCCC(O)c1ccc(C2CCC(c3ccc(/C=C/c4ccc(O)c(F)c4F)c(F)c3F)CC2)c(F)c1F. The Morgan fingerprint density at radius 2 is 1.16 bits per heavy atom. The lowest BCUT2D eigenvalue weighted by Gasteiger charge is -2.30. The van der Waals surface area contributed by atoms with Gasteiger partial charge in [0.1, 0.15) is 0 Å². The van der Waals surface area contributed by atoms with Gasteiger partial charge in [0.2, 0.25) is 5.82 Å². The predicted octanol–water partition coefficient (Wildman–Crippen LogP) is 8.67. The monoisotopic (exact) mass is 534 g/mol. The fraction of sp³-hybridized carbons (Fsp3) is 0.333. The van der Waals surface area contributed by atoms with Crippen LogP contribution in [0.3, 0.4) is 0 Å². The third kappa shape index (κ3) is 5.46. The molecule has 4 rings (SSSR count). The first-order valence-corrected chi connectivity index (χ1v) is 12.6. The highest BCUT2D eigenvalue weighted by molar-refractivity contribution is 5.70. The Kier molecular flexibility index (Phi) is 8.51. The molecule has 1 unspecified atom stereocenters. The zero-order valence-electron chi connectivity index (χ0n) is 20.8. The van der Waals surface area contributed by atoms with E-state index < -0.39 is 46.8 Å². The molecule has 1 atom stereocenters. The van der Waals surface area contributed by atoms with Crippen molar-refractivity contribution < 1.29 is 36.6 Å². The molecule has 1 fully saturated rings. The van der Waals surface area contributed by atoms with Gasteiger partial charge in [-0.3, -0.25) is 0 Å². The molecule has 0 aromatic heterocycles. The van der Waals surface area contributed by atoms with Crippen LogP contribution in [0, 0.1) is 34.9 Å². The van der Waals surface area contributed by atoms with Crippen LogP contribution in [0.4, 0.5) is 26.3 Å². The summed E-state index contributed by atoms with van der Waals surface area (Å²) in [5.41, 5.74) is -0.0652. The largest absolute Gasteiger partial charge is 0.505 e. The number of phenolic OH excluding ortho intramolecular Hbond substituents is 1. The lowest BCUT2D eigenvalue weighted by atomic mass is 9.75. The Balaban J connectivity index is 1.47. The lowest BCUT2D eigenvalue weighted by molar-refractivity contribution is 0.160. The summed E-state index contributed by atoms with van der Waals surface area (Å²) in [7, 11) is 0. The molecule has 0 bridgehead atoms. The van der Waals surface area contributed by atoms with E-state index in [1.54, 1.807) is 0 Å². The van der Waals surface area contributed by atoms with Gasteiger partial charge in [-0.15, -0.1) is 0 Å². The fourth-order valence-corrected chi connectivity index (χ4v) is 5.18. The number of hydrogen-bond donors (Lipinski definition) is 2. The van der Waals surface area contributed by atoms with E-state index in [4.69, 9.17) is 0 Å². The van der Waals surface area contributed by atoms with Gasteiger partial charge < -0.3 is 10.2 Å². The van der Waals surface area contributed by atoms with Crippen LogP contribution in [0.1, 0.15) is 91.2 Å². The summed E-state index contributed by atoms with van der Waals surface area (Å²) in [5.74, 6) is -8.39. The minimum Gasteiger partial charge on any atom is -0.505 e. The molecule has 0 radical (unpaired) electrons. The summed E-state index contributed by atoms with van der Waals surface area (Å²) in [6.07, 6.45) is 3.86. The van der Waals surface area contributed by atoms with Crippen molar-refractivity contribution in [3.05, 3.63) is 99.1 Å². The maximum Gasteiger partial charge on any atom is 0.200 e. The average Bonchev–Trinajstić information content (AvgIpc) is 2.91. The van der Waals surface area contributed by atoms with Gasteiger partial charge in [0, 0.05) is 16.7 Å². The molecule has 0 saturated heterocycles. The van der Waals surface area contributed by atoms with E-state index in [1.165, 1.54) is 24.3 Å². The molecule has 202 valence electrons. The summed E-state index contributed by atoms with van der Waals surface area (Å²) in [4.78, 5) is 0. The molecule has 0 amide bonds. The smallest absolute Gasteiger partial charge is 0.200 e. The molecule has 3 aromatic rings. The number of benzene rings is 3. The summed E-state index contributed by atoms with van der Waals surface area (Å²) < 4.78 is 86.7. The minimum absolute atomic E-state index is 0.0632. The van der Waals surface area contributed by atoms with E-state index in [0.29, 0.717) is 38.5 Å². The van der Waals surface area contributed by atoms with Crippen molar-refractivity contribution in [3.63, 3.8) is 0 Å². The van der Waals surface area contributed by atoms with E-state index in [-0.39, 0.29) is 39.7 Å². The van der Waals surface area contributed by atoms with Gasteiger partial charge in [-0.25, -0.2) is 22.0 Å². The summed E-state index contributed by atoms with van der Waals surface area (Å²) >= 11 is 0. The van der Waals surface area contributed by atoms with E-state index in [1.807, 2.05) is 6.92 Å². The Hall–Kier alpha value is -3.26. The second-order valence-electron chi connectivity index (χ2n) is 9.73. The van der Waals surface area contributed by atoms with Gasteiger partial charge in [-0.05, 0) is 67.2 Å². The molecule has 2 N–H and O–H groups in total. The molecule has 0 heterocycles. The maximum atomic E-state index is 15.0. The van der Waals surface area contributed by atoms with Crippen LogP contribution in [0.25, 0.3) is 12.2 Å². The first-order chi connectivity index (χ1) is 18.1. The number of hydrogen-bond acceptors (Lipinski definition) is 2. The van der Waals surface area contributed by atoms with E-state index >= 15 is 0 Å². The highest BCUT2D eigenvalue weighted by atomic mass is 19.2. The Morgan fingerprint density at radius 3 is 1.71 bits per heavy atom. The number of aliphatic hydroxyl groups excluding tert-OH is 1. The van der Waals surface area contributed by atoms with Gasteiger partial charge >= 0.3 is 0 Å². The van der Waals surface area contributed by atoms with Crippen LogP contribution in [-0.4, -0.2) is 10.2 Å². The molecule has 0 spiro atoms. The first-order valence-electron chi connectivity index (χ1n) is 12.6. The Bertz CT molecular complexity index is 1350. The van der Waals surface area contributed by atoms with E-state index in [2.05, 4.69) is 0 Å². The molecule has 1 saturated carbocycles. The molecular formula is C30H28F6O2. The Labute approximate surface area is 217 Å². The third-order valence-electron chi connectivity index (χ3n) is 7.35. The molecule has 0 aliphatic heterocycles. The maximum absolute atomic E-state index is 15.0. The van der Waals surface area contributed by atoms with Gasteiger partial charge in [0.15, 0.2) is 34.8 Å². The van der Waals surface area contributed by atoms with Gasteiger partial charge in [-0.1, -0.05) is 49.8 Å². The van der Waals surface area contributed by atoms with Crippen molar-refractivity contribution in [3.8, 4) is 5.75 Å². The van der Waals surface area contributed by atoms with Crippen LogP contribution in [0.5, 0.6) is 5.75 Å². The minimum atomic E-state index is -1.43. The molecule has 3 aromatic carbocycles. The van der Waals surface area contributed by atoms with Crippen molar-refractivity contribution in [1.29, 1.82) is 0 Å². The number of phenols is 1. The van der Waals surface area contributed by atoms with Crippen LogP contribution < -0.4 is 0 Å². The van der Waals surface area contributed by atoms with Crippen LogP contribution >= 0.6 is 0 Å². The van der Waals surface area contributed by atoms with Crippen molar-refractivity contribution in [1.82, 2.24) is 0 Å². The molecule has 1 aliphatic rings. The van der Waals surface area contributed by atoms with Crippen LogP contribution in [0.15, 0.2) is 36.4 Å². The second kappa shape index (κ2) is 11.6. The molecule has 8 heteroatoms. The van der Waals surface area contributed by atoms with Crippen LogP contribution in [-0.2, 0) is 0 Å². The number of halogens is 6. The first kappa shape index (κ1) is 27.8. The highest BCUT2D eigenvalue weighted by Gasteiger charge is 2.30. The number of rotatable bonds is 7. The normalized spacial score (nSPS) is 18.7. The van der Waals surface area contributed by atoms with Crippen molar-refractivity contribution >= 4 is 12.2 Å². The molecule has 38 heavy (non-hydrogen) atoms. The number of aromatic hydroxyl groups is 1. The zero-order chi connectivity index (χ0) is 27.6. The van der Waals surface area contributed by atoms with Crippen molar-refractivity contribution in [2.24, 2.45) is 0 Å². The van der Waals surface area contributed by atoms with Crippen LogP contribution in [0.2, 0.25) is 0 Å². The van der Waals surface area contributed by atoms with E-state index in [9.17, 15) is 36.6 Å². The highest BCUT2D eigenvalue weighted by Crippen LogP contribution is 2.43. The Morgan fingerprint density at radius 1 is 0.684 bits per heavy atom. The quantitative estimate of drug-likeness (QED) is 0.235. The average molecular weight is 535 g/mol. The summed E-state index contributed by atoms with van der Waals surface area (Å²) in [6.45, 7) is 1.84. The second-order valence-corrected chi connectivity index (χ2v) is 9.73. The molecule has 1 aliphatic carbocycles. The molecule has 2 nitrogen and oxygen atoms in total. The van der Waals surface area contributed by atoms with Gasteiger partial charge in [0.05, 0.1) is 6.10 Å². The van der Waals surface area contributed by atoms with Gasteiger partial charge in [-0.2, -0.15) is 4.39 Å². The summed E-state index contributed by atoms with van der Waals surface area (Å²) in [5, 5.41) is 19.3. The zero-order valence-corrected chi connectivity index (χ0v) is 20.8. The third-order valence-corrected chi connectivity index (χ3v) is 7.35. The predicted molar refractivity (Wildman–Crippen MR) is 133 cm³/mol. The fourth-order valence-electron chi connectivity index (χ4n) is 5.18. The standard InChI is InChI=1S/C30H28F6O2/c1-2-3-23(37)22-14-13-21(28(34)29(22)35)17-6-4-16(5-7-17)20-12-10-18(25(31)27(20)33)8-9-19-11-15-24(38)30(36)26(19)32/h8-17,23,37-38H,2-7H2,1H3/b9-8+. The summed E-state index contributed by atoms with van der Waals surface area (Å²) in [6, 6.07) is 7.78. The lowest BCUT2D eigenvalue weighted by Crippen LogP contribution is -2.16. The van der Waals surface area contributed by atoms with E-state index in [0.717, 1.165) is 24.3 Å². The van der Waals surface area contributed by atoms with Crippen molar-refractivity contribution in [2.75, 3.05) is 0 Å². The topological polar surface area (TPSA) is 40.5 Å². The van der Waals surface area contributed by atoms with Gasteiger partial charge in [0.25, 0.3) is 0 Å². The molecular weight excluding hydrogens is 506 g/mol. The van der Waals surface area contributed by atoms with Crippen molar-refractivity contribution in [2.45, 2.75) is 63.4 Å².